The van der Waals surface area contributed by atoms with E-state index in [0.29, 0.717) is 0 Å². The second-order valence-corrected chi connectivity index (χ2v) is 6.97. The fourth-order valence-corrected chi connectivity index (χ4v) is 3.70. The minimum absolute atomic E-state index is 0.786. The second-order valence-electron chi connectivity index (χ2n) is 6.59. The Labute approximate surface area is 159 Å². The molecule has 134 valence electrons. The summed E-state index contributed by atoms with van der Waals surface area (Å²) in [6.45, 7) is 4.51. The predicted octanol–water partition coefficient (Wildman–Crippen LogP) is 2.73. The number of hydrogen-bond acceptors (Lipinski definition) is 4. The number of fused-ring (bicyclic) bond motifs is 1. The molecule has 2 aliphatic heterocycles. The Morgan fingerprint density at radius 3 is 2.69 bits per heavy atom. The van der Waals surface area contributed by atoms with Crippen LogP contribution in [0.2, 0.25) is 0 Å². The number of anilines is 3. The first-order chi connectivity index (χ1) is 12.7. The number of nitrogens with zero attached hydrogens (tertiary/aromatic N) is 2. The average Bonchev–Trinajstić information content (AvgIpc) is 3.09. The number of hydrogen-bond donors (Lipinski definition) is 3. The van der Waals surface area contributed by atoms with Gasteiger partial charge in [0.05, 0.1) is 0 Å². The van der Waals surface area contributed by atoms with E-state index in [1.807, 2.05) is 30.5 Å². The lowest BCUT2D eigenvalue weighted by atomic mass is 10.1. The van der Waals surface area contributed by atoms with Crippen LogP contribution in [0.4, 0.5) is 17.1 Å². The largest absolute Gasteiger partial charge is 0.399 e. The molecular weight excluding hydrogens is 342 g/mol. The third kappa shape index (κ3) is 3.46. The van der Waals surface area contributed by atoms with Crippen LogP contribution in [0.1, 0.15) is 5.56 Å². The summed E-state index contributed by atoms with van der Waals surface area (Å²) in [4.78, 5) is 4.58. The van der Waals surface area contributed by atoms with Gasteiger partial charge in [-0.2, -0.15) is 0 Å². The first-order valence-corrected chi connectivity index (χ1v) is 9.30. The molecule has 1 fully saturated rings. The maximum absolute atomic E-state index is 5.89. The number of para-hydroxylation sites is 1. The molecule has 0 spiro atoms. The van der Waals surface area contributed by atoms with E-state index in [-0.39, 0.29) is 0 Å². The van der Waals surface area contributed by atoms with E-state index < -0.39 is 0 Å². The van der Waals surface area contributed by atoms with Gasteiger partial charge in [-0.05, 0) is 42.1 Å². The molecule has 26 heavy (non-hydrogen) atoms. The predicted molar refractivity (Wildman–Crippen MR) is 113 cm³/mol. The first kappa shape index (κ1) is 16.7. The zero-order chi connectivity index (χ0) is 17.9. The van der Waals surface area contributed by atoms with Crippen LogP contribution >= 0.6 is 12.2 Å². The lowest BCUT2D eigenvalue weighted by Gasteiger charge is -2.37. The van der Waals surface area contributed by atoms with Gasteiger partial charge in [-0.1, -0.05) is 24.3 Å². The van der Waals surface area contributed by atoms with Crippen LogP contribution in [0.3, 0.4) is 0 Å². The molecule has 2 aromatic rings. The van der Waals surface area contributed by atoms with Crippen LogP contribution in [0.25, 0.3) is 5.57 Å². The Morgan fingerprint density at radius 2 is 1.88 bits per heavy atom. The molecule has 4 rings (SSSR count). The molecule has 2 heterocycles. The minimum atomic E-state index is 0.786. The summed E-state index contributed by atoms with van der Waals surface area (Å²) in [7, 11) is 0. The van der Waals surface area contributed by atoms with Crippen LogP contribution in [0, 0.1) is 0 Å². The highest BCUT2D eigenvalue weighted by atomic mass is 32.1. The van der Waals surface area contributed by atoms with E-state index in [9.17, 15) is 0 Å². The van der Waals surface area contributed by atoms with Gasteiger partial charge < -0.3 is 26.2 Å². The van der Waals surface area contributed by atoms with Crippen molar-refractivity contribution in [1.82, 2.24) is 10.2 Å². The average molecular weight is 366 g/mol. The molecule has 2 aromatic carbocycles. The van der Waals surface area contributed by atoms with E-state index >= 15 is 0 Å². The third-order valence-electron chi connectivity index (χ3n) is 4.91. The summed E-state index contributed by atoms with van der Waals surface area (Å²) in [6.07, 6.45) is 2.03. The lowest BCUT2D eigenvalue weighted by Crippen LogP contribution is -2.51. The summed E-state index contributed by atoms with van der Waals surface area (Å²) in [5, 5.41) is 7.50. The van der Waals surface area contributed by atoms with Gasteiger partial charge in [-0.25, -0.2) is 0 Å². The maximum atomic E-state index is 5.89. The van der Waals surface area contributed by atoms with Crippen molar-refractivity contribution in [2.24, 2.45) is 0 Å². The van der Waals surface area contributed by atoms with Crippen molar-refractivity contribution in [3.8, 4) is 0 Å². The molecular formula is C20H23N5S. The van der Waals surface area contributed by atoms with E-state index in [0.717, 1.165) is 43.5 Å². The number of nitrogens with one attached hydrogen (secondary N) is 2. The quantitative estimate of drug-likeness (QED) is 0.562. The molecule has 0 bridgehead atoms. The summed E-state index contributed by atoms with van der Waals surface area (Å²) in [5.41, 5.74) is 11.5. The standard InChI is InChI=1S/C20H23N5S/c21-16-4-3-5-17(12-16)24-8-10-25(11-9-24)20(26)23-14-15-13-22-19-7-2-1-6-18(15)19/h1-7,12,14,22H,8-11,13,21H2,(H,23,26)/b15-14-. The van der Waals surface area contributed by atoms with E-state index in [1.54, 1.807) is 0 Å². The summed E-state index contributed by atoms with van der Waals surface area (Å²) in [5.74, 6) is 0. The molecule has 0 aliphatic carbocycles. The highest BCUT2D eigenvalue weighted by Crippen LogP contribution is 2.29. The number of nitrogens with two attached hydrogens (primary N) is 1. The molecule has 0 saturated carbocycles. The van der Waals surface area contributed by atoms with Gasteiger partial charge in [-0.15, -0.1) is 0 Å². The van der Waals surface area contributed by atoms with Crippen molar-refractivity contribution in [2.45, 2.75) is 0 Å². The van der Waals surface area contributed by atoms with E-state index in [4.69, 9.17) is 18.0 Å². The maximum Gasteiger partial charge on any atom is 0.173 e. The van der Waals surface area contributed by atoms with Crippen LogP contribution in [0.5, 0.6) is 0 Å². The monoisotopic (exact) mass is 365 g/mol. The zero-order valence-electron chi connectivity index (χ0n) is 14.6. The Kier molecular flexibility index (Phi) is 4.67. The smallest absolute Gasteiger partial charge is 0.173 e. The van der Waals surface area contributed by atoms with Crippen molar-refractivity contribution in [3.63, 3.8) is 0 Å². The van der Waals surface area contributed by atoms with Crippen molar-refractivity contribution in [3.05, 3.63) is 60.3 Å². The van der Waals surface area contributed by atoms with E-state index in [1.165, 1.54) is 22.5 Å². The molecule has 0 atom stereocenters. The van der Waals surface area contributed by atoms with Gasteiger partial charge in [-0.3, -0.25) is 0 Å². The summed E-state index contributed by atoms with van der Waals surface area (Å²) >= 11 is 5.59. The molecule has 0 radical (unpaired) electrons. The van der Waals surface area contributed by atoms with Crippen molar-refractivity contribution in [1.29, 1.82) is 0 Å². The van der Waals surface area contributed by atoms with Gasteiger partial charge in [0.1, 0.15) is 0 Å². The van der Waals surface area contributed by atoms with Crippen molar-refractivity contribution >= 4 is 40.0 Å². The van der Waals surface area contributed by atoms with Crippen LogP contribution in [0.15, 0.2) is 54.7 Å². The first-order valence-electron chi connectivity index (χ1n) is 8.89. The Bertz CT molecular complexity index is 840. The summed E-state index contributed by atoms with van der Waals surface area (Å²) < 4.78 is 0. The van der Waals surface area contributed by atoms with Crippen LogP contribution in [-0.2, 0) is 0 Å². The third-order valence-corrected chi connectivity index (χ3v) is 5.29. The Morgan fingerprint density at radius 1 is 1.08 bits per heavy atom. The summed E-state index contributed by atoms with van der Waals surface area (Å²) in [6, 6.07) is 16.4. The van der Waals surface area contributed by atoms with Gasteiger partial charge in [0.25, 0.3) is 0 Å². The molecule has 0 amide bonds. The lowest BCUT2D eigenvalue weighted by molar-refractivity contribution is 0.384. The molecule has 0 unspecified atom stereocenters. The number of piperazine rings is 1. The minimum Gasteiger partial charge on any atom is -0.399 e. The zero-order valence-corrected chi connectivity index (χ0v) is 15.4. The highest BCUT2D eigenvalue weighted by Gasteiger charge is 2.20. The van der Waals surface area contributed by atoms with Crippen LogP contribution in [-0.4, -0.2) is 42.7 Å². The fourth-order valence-electron chi connectivity index (χ4n) is 3.46. The van der Waals surface area contributed by atoms with Gasteiger partial charge in [0.2, 0.25) is 0 Å². The highest BCUT2D eigenvalue weighted by molar-refractivity contribution is 7.80. The molecule has 2 aliphatic rings. The number of benzene rings is 2. The molecule has 4 N–H and O–H groups in total. The number of nitrogen functional groups attached to an aromatic ring is 1. The van der Waals surface area contributed by atoms with E-state index in [2.05, 4.69) is 44.7 Å². The molecule has 0 aromatic heterocycles. The number of rotatable bonds is 2. The van der Waals surface area contributed by atoms with Gasteiger partial charge in [0.15, 0.2) is 5.11 Å². The Balaban J connectivity index is 1.34. The Hall–Kier alpha value is -2.73. The van der Waals surface area contributed by atoms with Crippen molar-refractivity contribution in [2.75, 3.05) is 48.7 Å². The SMILES string of the molecule is Nc1cccc(N2CCN(C(=S)N/C=C3/CNc4ccccc43)CC2)c1. The van der Waals surface area contributed by atoms with Gasteiger partial charge in [0, 0.05) is 61.5 Å². The normalized spacial score (nSPS) is 17.8. The second kappa shape index (κ2) is 7.25. The van der Waals surface area contributed by atoms with Crippen LogP contribution < -0.4 is 21.3 Å². The fraction of sp³-hybridized carbons (Fsp3) is 0.250. The van der Waals surface area contributed by atoms with Crippen molar-refractivity contribution < 1.29 is 0 Å². The van der Waals surface area contributed by atoms with Gasteiger partial charge >= 0.3 is 0 Å². The topological polar surface area (TPSA) is 56.6 Å². The molecule has 1 saturated heterocycles. The molecule has 5 nitrogen and oxygen atoms in total. The number of thiocarbonyl (C=S) groups is 1. The molecule has 6 heteroatoms.